The fourth-order valence-electron chi connectivity index (χ4n) is 1.69. The highest BCUT2D eigenvalue weighted by molar-refractivity contribution is 7.99. The minimum absolute atomic E-state index is 0.0904. The Balaban J connectivity index is 1.92. The molecular formula is C15H16FN3O3S2. The van der Waals surface area contributed by atoms with E-state index in [4.69, 9.17) is 0 Å². The van der Waals surface area contributed by atoms with Crippen molar-refractivity contribution in [2.24, 2.45) is 0 Å². The summed E-state index contributed by atoms with van der Waals surface area (Å²) in [6.07, 6.45) is 1.26. The number of benzene rings is 1. The van der Waals surface area contributed by atoms with Gasteiger partial charge in [0.1, 0.15) is 10.7 Å². The summed E-state index contributed by atoms with van der Waals surface area (Å²) >= 11 is 1.17. The van der Waals surface area contributed by atoms with Crippen molar-refractivity contribution in [3.63, 3.8) is 0 Å². The Morgan fingerprint density at radius 1 is 1.21 bits per heavy atom. The van der Waals surface area contributed by atoms with Crippen LogP contribution in [-0.4, -0.2) is 43.5 Å². The van der Waals surface area contributed by atoms with E-state index >= 15 is 0 Å². The summed E-state index contributed by atoms with van der Waals surface area (Å²) in [7, 11) is -0.633. The number of carbonyl (C=O) groups is 1. The van der Waals surface area contributed by atoms with Gasteiger partial charge in [0, 0.05) is 26.0 Å². The van der Waals surface area contributed by atoms with Gasteiger partial charge in [-0.15, -0.1) is 0 Å². The SMILES string of the molecule is CN(C)S(=O)(=O)c1ccc(SCC(=O)Nc2ccc(F)cc2)nc1. The van der Waals surface area contributed by atoms with Crippen LogP contribution in [0.1, 0.15) is 0 Å². The maximum atomic E-state index is 12.8. The van der Waals surface area contributed by atoms with Gasteiger partial charge >= 0.3 is 0 Å². The summed E-state index contributed by atoms with van der Waals surface area (Å²) in [5.41, 5.74) is 0.502. The van der Waals surface area contributed by atoms with Gasteiger partial charge in [0.2, 0.25) is 15.9 Å². The number of hydrogen-bond donors (Lipinski definition) is 1. The molecule has 1 N–H and O–H groups in total. The molecule has 0 atom stereocenters. The Bertz CT molecular complexity index is 807. The van der Waals surface area contributed by atoms with Gasteiger partial charge in [0.25, 0.3) is 0 Å². The largest absolute Gasteiger partial charge is 0.325 e. The molecule has 1 aromatic carbocycles. The molecule has 0 unspecified atom stereocenters. The fraction of sp³-hybridized carbons (Fsp3) is 0.200. The molecule has 2 rings (SSSR count). The molecule has 0 aliphatic carbocycles. The van der Waals surface area contributed by atoms with Crippen molar-refractivity contribution >= 4 is 33.4 Å². The third kappa shape index (κ3) is 4.76. The number of nitrogens with one attached hydrogen (secondary N) is 1. The minimum Gasteiger partial charge on any atom is -0.325 e. The molecule has 2 aromatic rings. The number of halogens is 1. The zero-order valence-electron chi connectivity index (χ0n) is 13.1. The first-order valence-electron chi connectivity index (χ1n) is 6.86. The molecular weight excluding hydrogens is 353 g/mol. The van der Waals surface area contributed by atoms with E-state index in [1.165, 1.54) is 62.4 Å². The second-order valence-electron chi connectivity index (χ2n) is 4.96. The van der Waals surface area contributed by atoms with Crippen LogP contribution < -0.4 is 5.32 Å². The standard InChI is InChI=1S/C15H16FN3O3S2/c1-19(2)24(21,22)13-7-8-15(17-9-13)23-10-14(20)18-12-5-3-11(16)4-6-12/h3-9H,10H2,1-2H3,(H,18,20). The van der Waals surface area contributed by atoms with Crippen molar-refractivity contribution in [1.29, 1.82) is 0 Å². The van der Waals surface area contributed by atoms with E-state index in [2.05, 4.69) is 10.3 Å². The molecule has 9 heteroatoms. The second-order valence-corrected chi connectivity index (χ2v) is 8.11. The molecule has 0 aliphatic rings. The molecule has 1 aromatic heterocycles. The second kappa shape index (κ2) is 7.73. The summed E-state index contributed by atoms with van der Waals surface area (Å²) in [6, 6.07) is 8.45. The molecule has 0 spiro atoms. The Labute approximate surface area is 144 Å². The molecule has 1 amide bonds. The smallest absolute Gasteiger partial charge is 0.244 e. The number of hydrogen-bond acceptors (Lipinski definition) is 5. The van der Waals surface area contributed by atoms with Gasteiger partial charge < -0.3 is 5.32 Å². The lowest BCUT2D eigenvalue weighted by molar-refractivity contribution is -0.113. The summed E-state index contributed by atoms with van der Waals surface area (Å²) in [4.78, 5) is 16.0. The zero-order chi connectivity index (χ0) is 17.7. The lowest BCUT2D eigenvalue weighted by Gasteiger charge is -2.11. The highest BCUT2D eigenvalue weighted by Gasteiger charge is 2.17. The van der Waals surface area contributed by atoms with Crippen molar-refractivity contribution in [1.82, 2.24) is 9.29 Å². The number of anilines is 1. The van der Waals surface area contributed by atoms with Crippen molar-refractivity contribution in [2.45, 2.75) is 9.92 Å². The van der Waals surface area contributed by atoms with Gasteiger partial charge in [-0.2, -0.15) is 0 Å². The highest BCUT2D eigenvalue weighted by atomic mass is 32.2. The molecule has 1 heterocycles. The summed E-state index contributed by atoms with van der Waals surface area (Å²) in [5, 5.41) is 3.16. The lowest BCUT2D eigenvalue weighted by Crippen LogP contribution is -2.22. The van der Waals surface area contributed by atoms with Crippen LogP contribution in [0, 0.1) is 5.82 Å². The molecule has 128 valence electrons. The molecule has 0 saturated carbocycles. The molecule has 6 nitrogen and oxygen atoms in total. The van der Waals surface area contributed by atoms with Crippen LogP contribution in [0.5, 0.6) is 0 Å². The van der Waals surface area contributed by atoms with Crippen LogP contribution in [-0.2, 0) is 14.8 Å². The summed E-state index contributed by atoms with van der Waals surface area (Å²) in [6.45, 7) is 0. The maximum absolute atomic E-state index is 12.8. The number of rotatable bonds is 6. The number of nitrogens with zero attached hydrogens (tertiary/aromatic N) is 2. The highest BCUT2D eigenvalue weighted by Crippen LogP contribution is 2.19. The monoisotopic (exact) mass is 369 g/mol. The van der Waals surface area contributed by atoms with E-state index < -0.39 is 10.0 Å². The fourth-order valence-corrected chi connectivity index (χ4v) is 3.18. The van der Waals surface area contributed by atoms with E-state index in [1.807, 2.05) is 0 Å². The third-order valence-corrected chi connectivity index (χ3v) is 5.71. The van der Waals surface area contributed by atoms with Gasteiger partial charge in [0.05, 0.1) is 10.8 Å². The Morgan fingerprint density at radius 2 is 1.88 bits per heavy atom. The topological polar surface area (TPSA) is 79.4 Å². The normalized spacial score (nSPS) is 11.5. The average Bonchev–Trinajstić information content (AvgIpc) is 2.55. The number of pyridine rings is 1. The van der Waals surface area contributed by atoms with Gasteiger partial charge in [0.15, 0.2) is 0 Å². The summed E-state index contributed by atoms with van der Waals surface area (Å²) < 4.78 is 37.7. The van der Waals surface area contributed by atoms with Gasteiger partial charge in [-0.3, -0.25) is 4.79 Å². The Morgan fingerprint density at radius 3 is 2.42 bits per heavy atom. The van der Waals surface area contributed by atoms with E-state index in [9.17, 15) is 17.6 Å². The van der Waals surface area contributed by atoms with Crippen LogP contribution in [0.2, 0.25) is 0 Å². The first-order chi connectivity index (χ1) is 11.3. The van der Waals surface area contributed by atoms with Gasteiger partial charge in [-0.05, 0) is 36.4 Å². The van der Waals surface area contributed by atoms with Gasteiger partial charge in [-0.1, -0.05) is 11.8 Å². The Kier molecular flexibility index (Phi) is 5.92. The predicted octanol–water partition coefficient (Wildman–Crippen LogP) is 2.20. The lowest BCUT2D eigenvalue weighted by atomic mass is 10.3. The molecule has 0 radical (unpaired) electrons. The molecule has 0 aliphatic heterocycles. The Hall–Kier alpha value is -1.97. The van der Waals surface area contributed by atoms with Crippen molar-refractivity contribution in [2.75, 3.05) is 25.2 Å². The van der Waals surface area contributed by atoms with Crippen LogP contribution >= 0.6 is 11.8 Å². The molecule has 0 saturated heterocycles. The molecule has 24 heavy (non-hydrogen) atoms. The van der Waals surface area contributed by atoms with Crippen molar-refractivity contribution < 1.29 is 17.6 Å². The van der Waals surface area contributed by atoms with E-state index in [1.54, 1.807) is 6.07 Å². The van der Waals surface area contributed by atoms with Gasteiger partial charge in [-0.25, -0.2) is 22.1 Å². The molecule has 0 fully saturated rings. The zero-order valence-corrected chi connectivity index (χ0v) is 14.7. The van der Waals surface area contributed by atoms with Crippen LogP contribution in [0.15, 0.2) is 52.5 Å². The predicted molar refractivity (Wildman–Crippen MR) is 90.9 cm³/mol. The minimum atomic E-state index is -3.52. The van der Waals surface area contributed by atoms with Crippen molar-refractivity contribution in [3.05, 3.63) is 48.4 Å². The van der Waals surface area contributed by atoms with Crippen LogP contribution in [0.25, 0.3) is 0 Å². The number of carbonyl (C=O) groups excluding carboxylic acids is 1. The quantitative estimate of drug-likeness (QED) is 0.790. The van der Waals surface area contributed by atoms with E-state index in [0.29, 0.717) is 10.7 Å². The average molecular weight is 369 g/mol. The number of aromatic nitrogens is 1. The first-order valence-corrected chi connectivity index (χ1v) is 9.28. The number of thioether (sulfide) groups is 1. The van der Waals surface area contributed by atoms with Crippen LogP contribution in [0.4, 0.5) is 10.1 Å². The third-order valence-electron chi connectivity index (χ3n) is 2.97. The molecule has 0 bridgehead atoms. The maximum Gasteiger partial charge on any atom is 0.244 e. The number of amides is 1. The summed E-state index contributed by atoms with van der Waals surface area (Å²) in [5.74, 6) is -0.540. The van der Waals surface area contributed by atoms with E-state index in [0.717, 1.165) is 4.31 Å². The van der Waals surface area contributed by atoms with Crippen LogP contribution in [0.3, 0.4) is 0 Å². The number of sulfonamides is 1. The van der Waals surface area contributed by atoms with Crippen molar-refractivity contribution in [3.8, 4) is 0 Å². The first kappa shape index (κ1) is 18.4. The van der Waals surface area contributed by atoms with E-state index in [-0.39, 0.29) is 22.4 Å².